The van der Waals surface area contributed by atoms with E-state index in [1.165, 1.54) is 21.8 Å². The van der Waals surface area contributed by atoms with Crippen LogP contribution in [-0.4, -0.2) is 100 Å². The molecule has 1 amide bonds. The minimum absolute atomic E-state index is 0.0645. The summed E-state index contributed by atoms with van der Waals surface area (Å²) in [6.07, 6.45) is 2.85. The summed E-state index contributed by atoms with van der Waals surface area (Å²) in [5, 5.41) is 4.61. The minimum Gasteiger partial charge on any atom is -0.489 e. The fourth-order valence-electron chi connectivity index (χ4n) is 9.40. The molecule has 0 aliphatic carbocycles. The van der Waals surface area contributed by atoms with Crippen LogP contribution in [0.1, 0.15) is 44.0 Å². The van der Waals surface area contributed by atoms with Gasteiger partial charge in [0.15, 0.2) is 0 Å². The molecule has 2 aliphatic rings. The molecule has 0 radical (unpaired) electrons. The molecule has 6 aromatic rings. The second-order valence-electron chi connectivity index (χ2n) is 18.2. The Balaban J connectivity index is 1.09. The van der Waals surface area contributed by atoms with Crippen LogP contribution in [0, 0.1) is 0 Å². The summed E-state index contributed by atoms with van der Waals surface area (Å²) in [6.45, 7) is 16.1. The zero-order valence-corrected chi connectivity index (χ0v) is 39.1. The summed E-state index contributed by atoms with van der Waals surface area (Å²) in [7, 11) is 1.28. The van der Waals surface area contributed by atoms with Crippen molar-refractivity contribution in [1.82, 2.24) is 19.8 Å². The van der Waals surface area contributed by atoms with E-state index in [2.05, 4.69) is 151 Å². The van der Waals surface area contributed by atoms with Gasteiger partial charge < -0.3 is 33.5 Å². The van der Waals surface area contributed by atoms with Gasteiger partial charge in [0.25, 0.3) is 8.32 Å². The number of anilines is 2. The first kappa shape index (κ1) is 44.6. The summed E-state index contributed by atoms with van der Waals surface area (Å²) in [5.74, 6) is 1.65. The lowest BCUT2D eigenvalue weighted by molar-refractivity contribution is -0.128. The topological polar surface area (TPSA) is 83.5 Å². The highest BCUT2D eigenvalue weighted by atomic mass is 28.4. The Labute approximate surface area is 380 Å². The van der Waals surface area contributed by atoms with Crippen LogP contribution in [0.5, 0.6) is 11.8 Å². The van der Waals surface area contributed by atoms with E-state index in [0.717, 1.165) is 59.0 Å². The number of ether oxygens (including phenoxy) is 2. The molecule has 2 aliphatic heterocycles. The third-order valence-electron chi connectivity index (χ3n) is 12.6. The van der Waals surface area contributed by atoms with Gasteiger partial charge in [0.2, 0.25) is 5.91 Å². The van der Waals surface area contributed by atoms with Crippen molar-refractivity contribution in [2.45, 2.75) is 57.8 Å². The molecule has 0 spiro atoms. The van der Waals surface area contributed by atoms with Crippen molar-refractivity contribution in [1.29, 1.82) is 0 Å². The number of rotatable bonds is 16. The third kappa shape index (κ3) is 9.72. The van der Waals surface area contributed by atoms with Gasteiger partial charge in [-0.3, -0.25) is 4.79 Å². The molecule has 3 heterocycles. The van der Waals surface area contributed by atoms with E-state index in [1.54, 1.807) is 0 Å². The average Bonchev–Trinajstić information content (AvgIpc) is 3.31. The van der Waals surface area contributed by atoms with Crippen LogP contribution in [-0.2, 0) is 28.8 Å². The van der Waals surface area contributed by atoms with E-state index in [1.807, 2.05) is 37.2 Å². The number of carbonyl (C=O) groups excluding carboxylic acids is 1. The van der Waals surface area contributed by atoms with Crippen LogP contribution in [0.15, 0.2) is 140 Å². The van der Waals surface area contributed by atoms with Gasteiger partial charge in [-0.1, -0.05) is 143 Å². The number of carbonyl (C=O) groups is 1. The van der Waals surface area contributed by atoms with Crippen molar-refractivity contribution in [3.8, 4) is 11.8 Å². The summed E-state index contributed by atoms with van der Waals surface area (Å²) in [4.78, 5) is 32.6. The maximum absolute atomic E-state index is 13.5. The molecular formula is C53H62N6O4Si. The lowest BCUT2D eigenvalue weighted by atomic mass is 10.0. The lowest BCUT2D eigenvalue weighted by Crippen LogP contribution is -2.67. The second kappa shape index (κ2) is 19.8. The van der Waals surface area contributed by atoms with Gasteiger partial charge >= 0.3 is 6.01 Å². The molecule has 1 unspecified atom stereocenters. The molecule has 1 aromatic heterocycles. The van der Waals surface area contributed by atoms with Gasteiger partial charge in [-0.05, 0) is 65.4 Å². The van der Waals surface area contributed by atoms with E-state index in [0.29, 0.717) is 58.4 Å². The SMILES string of the molecule is C=CC(=O)N1CCN(c2nc(OCCN(C)C)nc3c2CCN(c2cc(OCc4ccccc4)cc4ccccc24)C3)CC1CCO[Si](c1ccccc1)(c1ccccc1)C(C)(C)C. The first-order valence-electron chi connectivity index (χ1n) is 22.6. The maximum Gasteiger partial charge on any atom is 0.318 e. The first-order chi connectivity index (χ1) is 31.0. The van der Waals surface area contributed by atoms with E-state index in [9.17, 15) is 4.79 Å². The molecule has 332 valence electrons. The Morgan fingerprint density at radius 1 is 0.812 bits per heavy atom. The van der Waals surface area contributed by atoms with E-state index in [4.69, 9.17) is 23.9 Å². The number of benzene rings is 5. The number of hydrogen-bond acceptors (Lipinski definition) is 9. The van der Waals surface area contributed by atoms with Crippen molar-refractivity contribution in [3.05, 3.63) is 157 Å². The van der Waals surface area contributed by atoms with Crippen molar-refractivity contribution in [2.75, 3.05) is 69.8 Å². The zero-order chi connectivity index (χ0) is 44.7. The molecular weight excluding hydrogens is 813 g/mol. The standard InChI is InChI=1S/C53H62N6O4Si/c1-7-50(60)59-31-30-58(37-42(59)28-33-63-64(53(2,3)4,44-22-13-9-14-23-44)45-24-15-10-16-25-45)51-47-27-29-57(38-48(47)54-52(55-51)61-34-32-56(5)6)49-36-43(35-41-21-17-18-26-46(41)49)62-39-40-19-11-8-12-20-40/h7-26,35-36,42H,1,27-34,37-39H2,2-6H3. The average molecular weight is 875 g/mol. The van der Waals surface area contributed by atoms with Crippen LogP contribution in [0.4, 0.5) is 11.5 Å². The van der Waals surface area contributed by atoms with Gasteiger partial charge in [-0.2, -0.15) is 9.97 Å². The third-order valence-corrected chi connectivity index (χ3v) is 17.7. The van der Waals surface area contributed by atoms with Crippen LogP contribution in [0.25, 0.3) is 10.8 Å². The van der Waals surface area contributed by atoms with Crippen molar-refractivity contribution < 1.29 is 18.7 Å². The number of aromatic nitrogens is 2. The monoisotopic (exact) mass is 874 g/mol. The lowest BCUT2D eigenvalue weighted by Gasteiger charge is -2.45. The van der Waals surface area contributed by atoms with Crippen molar-refractivity contribution in [2.24, 2.45) is 0 Å². The first-order valence-corrected chi connectivity index (χ1v) is 24.5. The zero-order valence-electron chi connectivity index (χ0n) is 38.1. The van der Waals surface area contributed by atoms with E-state index >= 15 is 0 Å². The molecule has 10 nitrogen and oxygen atoms in total. The molecule has 5 aromatic carbocycles. The number of piperazine rings is 1. The summed E-state index contributed by atoms with van der Waals surface area (Å²) < 4.78 is 20.1. The molecule has 1 atom stereocenters. The largest absolute Gasteiger partial charge is 0.489 e. The molecule has 1 saturated heterocycles. The molecule has 1 fully saturated rings. The number of likely N-dealkylation sites (N-methyl/N-ethyl adjacent to an activating group) is 1. The highest BCUT2D eigenvalue weighted by molar-refractivity contribution is 6.99. The second-order valence-corrected chi connectivity index (χ2v) is 22.5. The highest BCUT2D eigenvalue weighted by Crippen LogP contribution is 2.39. The van der Waals surface area contributed by atoms with Crippen LogP contribution in [0.2, 0.25) is 5.04 Å². The highest BCUT2D eigenvalue weighted by Gasteiger charge is 2.50. The minimum atomic E-state index is -2.79. The van der Waals surface area contributed by atoms with Gasteiger partial charge in [0.1, 0.15) is 24.8 Å². The number of hydrogen-bond donors (Lipinski definition) is 0. The Bertz CT molecular complexity index is 2480. The Morgan fingerprint density at radius 3 is 2.16 bits per heavy atom. The number of fused-ring (bicyclic) bond motifs is 2. The summed E-state index contributed by atoms with van der Waals surface area (Å²) >= 11 is 0. The van der Waals surface area contributed by atoms with Gasteiger partial charge in [-0.15, -0.1) is 0 Å². The van der Waals surface area contributed by atoms with Crippen molar-refractivity contribution in [3.63, 3.8) is 0 Å². The normalized spacial score (nSPS) is 15.6. The molecule has 64 heavy (non-hydrogen) atoms. The molecule has 8 rings (SSSR count). The Morgan fingerprint density at radius 2 is 1.48 bits per heavy atom. The Kier molecular flexibility index (Phi) is 13.8. The van der Waals surface area contributed by atoms with E-state index in [-0.39, 0.29) is 17.0 Å². The van der Waals surface area contributed by atoms with Gasteiger partial charge in [0.05, 0.1) is 18.3 Å². The predicted octanol–water partition coefficient (Wildman–Crippen LogP) is 7.88. The quantitative estimate of drug-likeness (QED) is 0.0713. The maximum atomic E-state index is 13.5. The van der Waals surface area contributed by atoms with Crippen LogP contribution >= 0.6 is 0 Å². The number of nitrogens with zero attached hydrogens (tertiary/aromatic N) is 6. The molecule has 0 N–H and O–H groups in total. The summed E-state index contributed by atoms with van der Waals surface area (Å²) in [6, 6.07) is 44.8. The molecule has 0 bridgehead atoms. The summed E-state index contributed by atoms with van der Waals surface area (Å²) in [5.41, 5.74) is 4.31. The molecule has 11 heteroatoms. The van der Waals surface area contributed by atoms with Crippen LogP contribution in [0.3, 0.4) is 0 Å². The van der Waals surface area contributed by atoms with Crippen molar-refractivity contribution >= 4 is 46.9 Å². The van der Waals surface area contributed by atoms with E-state index < -0.39 is 8.32 Å². The smallest absolute Gasteiger partial charge is 0.318 e. The van der Waals surface area contributed by atoms with Crippen LogP contribution < -0.4 is 29.6 Å². The van der Waals surface area contributed by atoms with Gasteiger partial charge in [-0.25, -0.2) is 0 Å². The molecule has 0 saturated carbocycles. The predicted molar refractivity (Wildman–Crippen MR) is 262 cm³/mol. The van der Waals surface area contributed by atoms with Gasteiger partial charge in [0, 0.05) is 62.0 Å². The number of amides is 1. The fraction of sp³-hybridized carbons (Fsp3) is 0.340. The fourth-order valence-corrected chi connectivity index (χ4v) is 14.0. The Hall–Kier alpha value is -6.01.